The Kier molecular flexibility index (Phi) is 4.18. The predicted octanol–water partition coefficient (Wildman–Crippen LogP) is 5.98. The molecule has 0 spiro atoms. The number of hydrogen-bond donors (Lipinski definition) is 0. The van der Waals surface area contributed by atoms with Crippen LogP contribution in [0.3, 0.4) is 0 Å². The van der Waals surface area contributed by atoms with Gasteiger partial charge in [0.1, 0.15) is 0 Å². The number of thioether (sulfide) groups is 4. The molecule has 0 radical (unpaired) electrons. The van der Waals surface area contributed by atoms with Crippen LogP contribution >= 0.6 is 47.0 Å². The standard InChI is InChI=1S/C16H10S4Se2/c1-2-9-4-5-11-12(8-10(9)3-1)18-13(17-11)14-19-15-16(20-14)22-7-6-21-15/h1-5,8H,6-7H2. The van der Waals surface area contributed by atoms with Gasteiger partial charge in [0, 0.05) is 0 Å². The molecule has 5 aliphatic rings. The summed E-state index contributed by atoms with van der Waals surface area (Å²) in [6, 6.07) is 13.5. The number of hydrogen-bond acceptors (Lipinski definition) is 4. The van der Waals surface area contributed by atoms with Crippen molar-refractivity contribution >= 4 is 77.0 Å². The maximum atomic E-state index is 2.36. The van der Waals surface area contributed by atoms with Crippen molar-refractivity contribution in [3.8, 4) is 11.1 Å². The summed E-state index contributed by atoms with van der Waals surface area (Å²) in [5, 5.41) is 2.93. The van der Waals surface area contributed by atoms with Crippen molar-refractivity contribution in [2.75, 3.05) is 0 Å². The Balaban J connectivity index is 1.49. The zero-order valence-electron chi connectivity index (χ0n) is 11.3. The van der Waals surface area contributed by atoms with Gasteiger partial charge < -0.3 is 0 Å². The van der Waals surface area contributed by atoms with Crippen LogP contribution in [-0.4, -0.2) is 29.9 Å². The summed E-state index contributed by atoms with van der Waals surface area (Å²) in [4.78, 5) is 2.85. The molecule has 5 rings (SSSR count). The first-order chi connectivity index (χ1) is 10.9. The van der Waals surface area contributed by atoms with Crippen LogP contribution in [0, 0.1) is 0 Å². The second-order valence-electron chi connectivity index (χ2n) is 4.90. The molecule has 3 heterocycles. The van der Waals surface area contributed by atoms with Gasteiger partial charge in [0.15, 0.2) is 0 Å². The fraction of sp³-hybridized carbons (Fsp3) is 0.125. The van der Waals surface area contributed by atoms with E-state index in [1.54, 1.807) is 11.8 Å². The second kappa shape index (κ2) is 6.16. The van der Waals surface area contributed by atoms with Crippen LogP contribution in [0.15, 0.2) is 62.3 Å². The quantitative estimate of drug-likeness (QED) is 0.418. The average Bonchev–Trinajstić information content (AvgIpc) is 3.23. The molecule has 0 aromatic rings. The molecule has 0 nitrogen and oxygen atoms in total. The van der Waals surface area contributed by atoms with Crippen molar-refractivity contribution in [2.24, 2.45) is 0 Å². The van der Waals surface area contributed by atoms with Crippen LogP contribution in [0.5, 0.6) is 0 Å². The minimum atomic E-state index is 0.754. The monoisotopic (exact) mass is 490 g/mol. The zero-order valence-corrected chi connectivity index (χ0v) is 18.0. The number of fused-ring (bicyclic) bond motifs is 2. The average molecular weight is 488 g/mol. The van der Waals surface area contributed by atoms with E-state index in [1.165, 1.54) is 35.8 Å². The normalized spacial score (nSPS) is 20.7. The summed E-state index contributed by atoms with van der Waals surface area (Å²) < 4.78 is 6.56. The molecule has 6 heteroatoms. The van der Waals surface area contributed by atoms with E-state index in [1.807, 2.05) is 23.5 Å². The molecule has 0 aromatic carbocycles. The fourth-order valence-corrected chi connectivity index (χ4v) is 16.6. The van der Waals surface area contributed by atoms with Gasteiger partial charge in [-0.3, -0.25) is 0 Å². The van der Waals surface area contributed by atoms with E-state index in [9.17, 15) is 0 Å². The van der Waals surface area contributed by atoms with Gasteiger partial charge in [0.05, 0.1) is 0 Å². The second-order valence-corrected chi connectivity index (χ2v) is 15.4. The third-order valence-electron chi connectivity index (χ3n) is 3.49. The van der Waals surface area contributed by atoms with Crippen molar-refractivity contribution in [1.82, 2.24) is 0 Å². The van der Waals surface area contributed by atoms with Gasteiger partial charge in [-0.05, 0) is 0 Å². The molecule has 0 N–H and O–H groups in total. The first-order valence-electron chi connectivity index (χ1n) is 6.85. The molecule has 0 fully saturated rings. The van der Waals surface area contributed by atoms with Crippen LogP contribution in [-0.2, 0) is 0 Å². The molecule has 0 saturated carbocycles. The molecule has 22 heavy (non-hydrogen) atoms. The Labute approximate surface area is 159 Å². The summed E-state index contributed by atoms with van der Waals surface area (Å²) in [5.74, 6) is 0. The van der Waals surface area contributed by atoms with Crippen molar-refractivity contribution in [1.29, 1.82) is 0 Å². The Bertz CT molecular complexity index is 792. The van der Waals surface area contributed by atoms with E-state index in [4.69, 9.17) is 0 Å². The molecular weight excluding hydrogens is 478 g/mol. The summed E-state index contributed by atoms with van der Waals surface area (Å²) in [6.45, 7) is 0. The van der Waals surface area contributed by atoms with Crippen LogP contribution < -0.4 is 0 Å². The third-order valence-corrected chi connectivity index (χ3v) is 17.2. The van der Waals surface area contributed by atoms with Gasteiger partial charge in [-0.25, -0.2) is 0 Å². The van der Waals surface area contributed by atoms with E-state index < -0.39 is 0 Å². The van der Waals surface area contributed by atoms with Crippen LogP contribution in [0.2, 0.25) is 10.6 Å². The van der Waals surface area contributed by atoms with Crippen molar-refractivity contribution in [2.45, 2.75) is 20.4 Å². The fourth-order valence-electron chi connectivity index (χ4n) is 2.46. The first-order valence-corrected chi connectivity index (χ1v) is 14.3. The van der Waals surface area contributed by atoms with Crippen LogP contribution in [0.4, 0.5) is 0 Å². The predicted molar refractivity (Wildman–Crippen MR) is 105 cm³/mol. The molecule has 0 unspecified atom stereocenters. The molecule has 0 saturated heterocycles. The Morgan fingerprint density at radius 3 is 2.18 bits per heavy atom. The van der Waals surface area contributed by atoms with Gasteiger partial charge in [-0.1, -0.05) is 0 Å². The summed E-state index contributed by atoms with van der Waals surface area (Å²) >= 11 is 9.64. The van der Waals surface area contributed by atoms with E-state index in [2.05, 4.69) is 59.9 Å². The molecule has 3 aliphatic heterocycles. The van der Waals surface area contributed by atoms with Crippen molar-refractivity contribution in [3.63, 3.8) is 0 Å². The SMILES string of the molecule is c1cc2ccc3c(cc-2c1)SC(=C1SC2=C(S1)[Se]CC[Se]2)S3. The number of rotatable bonds is 0. The van der Waals surface area contributed by atoms with Crippen molar-refractivity contribution in [3.05, 3.63) is 52.5 Å². The maximum absolute atomic E-state index is 2.36. The summed E-state index contributed by atoms with van der Waals surface area (Å²) in [6.07, 6.45) is 0. The summed E-state index contributed by atoms with van der Waals surface area (Å²) in [7, 11) is 0. The molecule has 0 bridgehead atoms. The Morgan fingerprint density at radius 1 is 0.682 bits per heavy atom. The third kappa shape index (κ3) is 2.66. The van der Waals surface area contributed by atoms with E-state index in [0.717, 1.165) is 29.9 Å². The van der Waals surface area contributed by atoms with E-state index in [-0.39, 0.29) is 0 Å². The van der Waals surface area contributed by atoms with Gasteiger partial charge in [0.25, 0.3) is 0 Å². The van der Waals surface area contributed by atoms with Crippen molar-refractivity contribution < 1.29 is 0 Å². The van der Waals surface area contributed by atoms with Gasteiger partial charge in [0.2, 0.25) is 0 Å². The Morgan fingerprint density at radius 2 is 1.36 bits per heavy atom. The molecule has 110 valence electrons. The zero-order chi connectivity index (χ0) is 14.5. The minimum absolute atomic E-state index is 0.754. The van der Waals surface area contributed by atoms with Crippen LogP contribution in [0.25, 0.3) is 11.1 Å². The first kappa shape index (κ1) is 14.9. The van der Waals surface area contributed by atoms with E-state index in [0.29, 0.717) is 0 Å². The van der Waals surface area contributed by atoms with Gasteiger partial charge >= 0.3 is 161 Å². The van der Waals surface area contributed by atoms with Gasteiger partial charge in [-0.2, -0.15) is 0 Å². The molecule has 0 amide bonds. The molecular formula is C16H10S4Se2. The van der Waals surface area contributed by atoms with E-state index >= 15 is 0 Å². The van der Waals surface area contributed by atoms with Crippen LogP contribution in [0.1, 0.15) is 0 Å². The van der Waals surface area contributed by atoms with Gasteiger partial charge in [-0.15, -0.1) is 0 Å². The molecule has 0 atom stereocenters. The Hall–Kier alpha value is 0.619. The molecule has 0 aromatic heterocycles. The summed E-state index contributed by atoms with van der Waals surface area (Å²) in [5.41, 5.74) is 2.70. The molecule has 2 aliphatic carbocycles. The topological polar surface area (TPSA) is 0 Å².